The monoisotopic (exact) mass is 499 g/mol. The number of fused-ring (bicyclic) bond motifs is 2. The van der Waals surface area contributed by atoms with Crippen molar-refractivity contribution in [3.63, 3.8) is 0 Å². The molecule has 4 aromatic rings. The highest BCUT2D eigenvalue weighted by molar-refractivity contribution is 6.13. The van der Waals surface area contributed by atoms with Crippen LogP contribution in [0.2, 0.25) is 0 Å². The first kappa shape index (κ1) is 24.1. The molecule has 3 aromatic carbocycles. The number of carboxylic acids is 1. The van der Waals surface area contributed by atoms with Gasteiger partial charge in [0.15, 0.2) is 6.10 Å². The smallest absolute Gasteiger partial charge is 0.345 e. The number of carboxylic acid groups (broad SMARTS) is 1. The maximum absolute atomic E-state index is 13.4. The Hall–Kier alpha value is -4.63. The Morgan fingerprint density at radius 1 is 0.892 bits per heavy atom. The highest BCUT2D eigenvalue weighted by atomic mass is 16.7. The van der Waals surface area contributed by atoms with Crippen LogP contribution in [0.3, 0.4) is 0 Å². The van der Waals surface area contributed by atoms with E-state index in [0.717, 1.165) is 21.8 Å². The Kier molecular flexibility index (Phi) is 6.37. The van der Waals surface area contributed by atoms with Gasteiger partial charge in [0.1, 0.15) is 12.8 Å². The lowest BCUT2D eigenvalue weighted by atomic mass is 10.0. The van der Waals surface area contributed by atoms with Crippen molar-refractivity contribution in [1.82, 2.24) is 5.06 Å². The molecular weight excluding hydrogens is 476 g/mol. The van der Waals surface area contributed by atoms with Crippen molar-refractivity contribution in [3.05, 3.63) is 83.9 Å². The first-order chi connectivity index (χ1) is 17.8. The molecule has 0 spiro atoms. The molecule has 1 aromatic heterocycles. The van der Waals surface area contributed by atoms with Gasteiger partial charge in [-0.05, 0) is 29.8 Å². The normalized spacial score (nSPS) is 14.4. The maximum atomic E-state index is 13.4. The lowest BCUT2D eigenvalue weighted by molar-refractivity contribution is -0.617. The van der Waals surface area contributed by atoms with Gasteiger partial charge in [-0.15, -0.1) is 0 Å². The van der Waals surface area contributed by atoms with Crippen molar-refractivity contribution < 1.29 is 38.4 Å². The fourth-order valence-electron chi connectivity index (χ4n) is 4.49. The molecule has 5 rings (SSSR count). The Morgan fingerprint density at radius 3 is 1.97 bits per heavy atom. The third-order valence-electron chi connectivity index (χ3n) is 6.34. The number of aryl methyl sites for hydroxylation is 1. The van der Waals surface area contributed by atoms with Crippen LogP contribution in [0.15, 0.2) is 72.8 Å². The zero-order valence-corrected chi connectivity index (χ0v) is 19.9. The number of pyridine rings is 1. The molecule has 1 atom stereocenters. The summed E-state index contributed by atoms with van der Waals surface area (Å²) in [5, 5.41) is 11.6. The van der Waals surface area contributed by atoms with Gasteiger partial charge in [0, 0.05) is 31.4 Å². The van der Waals surface area contributed by atoms with Crippen LogP contribution >= 0.6 is 0 Å². The van der Waals surface area contributed by atoms with Crippen molar-refractivity contribution in [1.29, 1.82) is 0 Å². The Bertz CT molecular complexity index is 1490. The highest BCUT2D eigenvalue weighted by Gasteiger charge is 2.34. The summed E-state index contributed by atoms with van der Waals surface area (Å²) in [5.74, 6) is -2.66. The number of hydroxylamine groups is 2. The first-order valence-corrected chi connectivity index (χ1v) is 11.7. The standard InChI is InChI=1S/C28H22N2O7/c1-29-21-8-4-2-6-19(21)26(20-7-3-5-9-22(20)29)28(35)36-18-12-10-17(11-13-18)16-23(27(33)34)37-30-24(31)14-15-25(30)32/h2-13,23H,14-16H2,1H3/p+1. The number of rotatable bonds is 7. The van der Waals surface area contributed by atoms with E-state index in [9.17, 15) is 24.3 Å². The van der Waals surface area contributed by atoms with Crippen molar-refractivity contribution in [2.24, 2.45) is 7.05 Å². The van der Waals surface area contributed by atoms with E-state index in [0.29, 0.717) is 16.2 Å². The number of hydrogen-bond acceptors (Lipinski definition) is 6. The fraction of sp³-hybridized carbons (Fsp3) is 0.179. The van der Waals surface area contributed by atoms with Gasteiger partial charge in [0.25, 0.3) is 11.8 Å². The quantitative estimate of drug-likeness (QED) is 0.137. The second-order valence-corrected chi connectivity index (χ2v) is 8.72. The number of carbonyl (C=O) groups excluding carboxylic acids is 3. The van der Waals surface area contributed by atoms with Gasteiger partial charge in [-0.3, -0.25) is 9.59 Å². The predicted molar refractivity (Wildman–Crippen MR) is 131 cm³/mol. The summed E-state index contributed by atoms with van der Waals surface area (Å²) in [6.45, 7) is 0. The largest absolute Gasteiger partial charge is 0.479 e. The van der Waals surface area contributed by atoms with E-state index < -0.39 is 29.9 Å². The summed E-state index contributed by atoms with van der Waals surface area (Å²) >= 11 is 0. The fourth-order valence-corrected chi connectivity index (χ4v) is 4.49. The Morgan fingerprint density at radius 2 is 1.43 bits per heavy atom. The van der Waals surface area contributed by atoms with Gasteiger partial charge in [-0.25, -0.2) is 14.4 Å². The molecule has 2 heterocycles. The molecule has 1 aliphatic heterocycles. The molecule has 0 radical (unpaired) electrons. The van der Waals surface area contributed by atoms with E-state index in [1.165, 1.54) is 0 Å². The first-order valence-electron chi connectivity index (χ1n) is 11.7. The van der Waals surface area contributed by atoms with Crippen molar-refractivity contribution in [2.75, 3.05) is 0 Å². The molecule has 186 valence electrons. The zero-order valence-electron chi connectivity index (χ0n) is 19.9. The molecule has 9 nitrogen and oxygen atoms in total. The molecular formula is C28H23N2O7+. The van der Waals surface area contributed by atoms with Crippen LogP contribution in [0, 0.1) is 0 Å². The summed E-state index contributed by atoms with van der Waals surface area (Å²) in [6.07, 6.45) is -1.53. The number of benzene rings is 3. The van der Waals surface area contributed by atoms with Crippen molar-refractivity contribution in [3.8, 4) is 5.75 Å². The molecule has 37 heavy (non-hydrogen) atoms. The molecule has 1 saturated heterocycles. The number of esters is 1. The van der Waals surface area contributed by atoms with Crippen molar-refractivity contribution in [2.45, 2.75) is 25.4 Å². The number of ether oxygens (including phenoxy) is 1. The van der Waals surface area contributed by atoms with Gasteiger partial charge in [0.2, 0.25) is 11.0 Å². The second kappa shape index (κ2) is 9.79. The number of aliphatic carboxylic acids is 1. The van der Waals surface area contributed by atoms with E-state index in [4.69, 9.17) is 9.57 Å². The molecule has 0 saturated carbocycles. The molecule has 2 amide bonds. The third kappa shape index (κ3) is 4.64. The van der Waals surface area contributed by atoms with Crippen LogP contribution < -0.4 is 9.30 Å². The highest BCUT2D eigenvalue weighted by Crippen LogP contribution is 2.26. The molecule has 1 aliphatic rings. The third-order valence-corrected chi connectivity index (χ3v) is 6.34. The van der Waals surface area contributed by atoms with E-state index in [-0.39, 0.29) is 25.0 Å². The average Bonchev–Trinajstić information content (AvgIpc) is 3.21. The summed E-state index contributed by atoms with van der Waals surface area (Å²) in [6, 6.07) is 21.5. The summed E-state index contributed by atoms with van der Waals surface area (Å²) in [5.41, 5.74) is 2.79. The van der Waals surface area contributed by atoms with E-state index in [1.807, 2.05) is 60.1 Å². The molecule has 9 heteroatoms. The average molecular weight is 499 g/mol. The summed E-state index contributed by atoms with van der Waals surface area (Å²) in [4.78, 5) is 53.8. The zero-order chi connectivity index (χ0) is 26.1. The van der Waals surface area contributed by atoms with Crippen LogP contribution in [-0.2, 0) is 32.7 Å². The van der Waals surface area contributed by atoms with Crippen LogP contribution in [0.1, 0.15) is 28.8 Å². The summed E-state index contributed by atoms with van der Waals surface area (Å²) in [7, 11) is 1.95. The van der Waals surface area contributed by atoms with E-state index in [1.54, 1.807) is 24.3 Å². The van der Waals surface area contributed by atoms with Gasteiger partial charge >= 0.3 is 11.9 Å². The lowest BCUT2D eigenvalue weighted by Gasteiger charge is -2.19. The number of nitrogens with zero attached hydrogens (tertiary/aromatic N) is 2. The molecule has 0 aliphatic carbocycles. The topological polar surface area (TPSA) is 114 Å². The van der Waals surface area contributed by atoms with E-state index in [2.05, 4.69) is 0 Å². The number of imide groups is 1. The van der Waals surface area contributed by atoms with Gasteiger partial charge in [-0.2, -0.15) is 9.63 Å². The minimum atomic E-state index is -1.43. The number of para-hydroxylation sites is 2. The maximum Gasteiger partial charge on any atom is 0.345 e. The van der Waals surface area contributed by atoms with Gasteiger partial charge < -0.3 is 9.84 Å². The second-order valence-electron chi connectivity index (χ2n) is 8.72. The minimum Gasteiger partial charge on any atom is -0.479 e. The van der Waals surface area contributed by atoms with Crippen LogP contribution in [0.25, 0.3) is 21.8 Å². The van der Waals surface area contributed by atoms with E-state index >= 15 is 0 Å². The molecule has 1 N–H and O–H groups in total. The van der Waals surface area contributed by atoms with Crippen LogP contribution in [0.4, 0.5) is 0 Å². The number of hydrogen-bond donors (Lipinski definition) is 1. The molecule has 0 bridgehead atoms. The number of carbonyl (C=O) groups is 4. The number of amides is 2. The van der Waals surface area contributed by atoms with Gasteiger partial charge in [0.05, 0.1) is 16.3 Å². The molecule has 1 fully saturated rings. The minimum absolute atomic E-state index is 0.00448. The summed E-state index contributed by atoms with van der Waals surface area (Å²) < 4.78 is 7.73. The molecule has 1 unspecified atom stereocenters. The Balaban J connectivity index is 1.37. The van der Waals surface area contributed by atoms with Gasteiger partial charge in [-0.1, -0.05) is 36.4 Å². The van der Waals surface area contributed by atoms with Crippen LogP contribution in [0.5, 0.6) is 5.75 Å². The Labute approximate surface area is 211 Å². The SMILES string of the molecule is C[n+]1c2ccccc2c(C(=O)Oc2ccc(CC(ON3C(=O)CCC3=O)C(=O)O)cc2)c2ccccc21. The predicted octanol–water partition coefficient (Wildman–Crippen LogP) is 3.11. The van der Waals surface area contributed by atoms with Crippen molar-refractivity contribution >= 4 is 45.6 Å². The van der Waals surface area contributed by atoms with Crippen LogP contribution in [-0.4, -0.2) is 40.0 Å². The lowest BCUT2D eigenvalue weighted by Crippen LogP contribution is -2.38. The number of aromatic nitrogens is 1.